The Morgan fingerprint density at radius 1 is 1.50 bits per heavy atom. The molecule has 0 bridgehead atoms. The number of nitrogens with zero attached hydrogens (tertiary/aromatic N) is 2. The summed E-state index contributed by atoms with van der Waals surface area (Å²) >= 11 is 0. The summed E-state index contributed by atoms with van der Waals surface area (Å²) < 4.78 is 5.75. The lowest BCUT2D eigenvalue weighted by molar-refractivity contribution is 0.0229. The maximum absolute atomic E-state index is 6.08. The fraction of sp³-hybridized carbons (Fsp3) is 0.714. The van der Waals surface area contributed by atoms with Crippen LogP contribution < -0.4 is 5.73 Å². The normalized spacial score (nSPS) is 20.8. The Morgan fingerprint density at radius 2 is 2.28 bits per heavy atom. The van der Waals surface area contributed by atoms with Crippen LogP contribution in [0.2, 0.25) is 0 Å². The molecule has 4 heteroatoms. The van der Waals surface area contributed by atoms with E-state index in [1.54, 1.807) is 0 Å². The van der Waals surface area contributed by atoms with Crippen LogP contribution in [-0.2, 0) is 11.2 Å². The summed E-state index contributed by atoms with van der Waals surface area (Å²) in [5, 5.41) is 0. The van der Waals surface area contributed by atoms with Crippen LogP contribution in [0.15, 0.2) is 6.20 Å². The van der Waals surface area contributed by atoms with E-state index in [0.717, 1.165) is 36.3 Å². The maximum atomic E-state index is 6.08. The lowest BCUT2D eigenvalue weighted by Gasteiger charge is -2.24. The Balaban J connectivity index is 2.29. The van der Waals surface area contributed by atoms with Gasteiger partial charge in [-0.2, -0.15) is 0 Å². The quantitative estimate of drug-likeness (QED) is 0.890. The first-order valence-electron chi connectivity index (χ1n) is 6.86. The smallest absolute Gasteiger partial charge is 0.157 e. The van der Waals surface area contributed by atoms with Crippen molar-refractivity contribution < 1.29 is 4.74 Å². The molecule has 2 rings (SSSR count). The molecule has 0 fully saturated rings. The average Bonchev–Trinajstić information content (AvgIpc) is 2.35. The molecule has 2 unspecified atom stereocenters. The summed E-state index contributed by atoms with van der Waals surface area (Å²) in [6, 6.07) is 0.104. The van der Waals surface area contributed by atoms with Gasteiger partial charge in [0.15, 0.2) is 5.82 Å². The summed E-state index contributed by atoms with van der Waals surface area (Å²) in [5.74, 6) is 1.18. The second kappa shape index (κ2) is 5.76. The first kappa shape index (κ1) is 13.4. The van der Waals surface area contributed by atoms with E-state index in [1.807, 2.05) is 13.1 Å². The van der Waals surface area contributed by atoms with Crippen LogP contribution in [0.5, 0.6) is 0 Å². The highest BCUT2D eigenvalue weighted by molar-refractivity contribution is 5.24. The van der Waals surface area contributed by atoms with Crippen molar-refractivity contribution in [3.05, 3.63) is 23.3 Å². The average molecular weight is 249 g/mol. The number of aromatic nitrogens is 2. The Labute approximate surface area is 109 Å². The molecule has 1 aromatic rings. The Bertz CT molecular complexity index is 406. The molecule has 0 aliphatic heterocycles. The molecule has 0 radical (unpaired) electrons. The van der Waals surface area contributed by atoms with Crippen LogP contribution in [0, 0.1) is 5.92 Å². The van der Waals surface area contributed by atoms with Crippen LogP contribution in [-0.4, -0.2) is 16.6 Å². The highest BCUT2D eigenvalue weighted by atomic mass is 16.5. The molecule has 0 saturated carbocycles. The number of hydrogen-bond donors (Lipinski definition) is 1. The molecule has 1 aliphatic carbocycles. The van der Waals surface area contributed by atoms with E-state index in [2.05, 4.69) is 23.8 Å². The number of fused-ring (bicyclic) bond motifs is 1. The zero-order valence-electron chi connectivity index (χ0n) is 11.5. The van der Waals surface area contributed by atoms with E-state index in [4.69, 9.17) is 10.5 Å². The van der Waals surface area contributed by atoms with Crippen LogP contribution in [0.4, 0.5) is 0 Å². The van der Waals surface area contributed by atoms with Crippen molar-refractivity contribution >= 4 is 0 Å². The Kier molecular flexibility index (Phi) is 4.30. The van der Waals surface area contributed by atoms with E-state index in [1.165, 1.54) is 0 Å². The molecule has 4 nitrogen and oxygen atoms in total. The van der Waals surface area contributed by atoms with Crippen molar-refractivity contribution in [2.75, 3.05) is 6.61 Å². The SMILES string of the molecule is CCOC(c1ncc2c(n1)CCCC2N)C(C)C. The van der Waals surface area contributed by atoms with Crippen molar-refractivity contribution in [3.8, 4) is 0 Å². The lowest BCUT2D eigenvalue weighted by atomic mass is 9.93. The lowest BCUT2D eigenvalue weighted by Crippen LogP contribution is -2.22. The minimum Gasteiger partial charge on any atom is -0.370 e. The second-order valence-electron chi connectivity index (χ2n) is 5.25. The van der Waals surface area contributed by atoms with Gasteiger partial charge in [-0.1, -0.05) is 13.8 Å². The third-order valence-electron chi connectivity index (χ3n) is 3.45. The highest BCUT2D eigenvalue weighted by Gasteiger charge is 2.23. The molecule has 1 heterocycles. The van der Waals surface area contributed by atoms with Gasteiger partial charge < -0.3 is 10.5 Å². The summed E-state index contributed by atoms with van der Waals surface area (Å²) in [6.45, 7) is 6.95. The first-order chi connectivity index (χ1) is 8.63. The molecule has 1 aromatic heterocycles. The number of nitrogens with two attached hydrogens (primary N) is 1. The Hall–Kier alpha value is -1.00. The summed E-state index contributed by atoms with van der Waals surface area (Å²) in [6.07, 6.45) is 5.05. The minimum absolute atomic E-state index is 0.0153. The van der Waals surface area contributed by atoms with E-state index < -0.39 is 0 Å². The van der Waals surface area contributed by atoms with Gasteiger partial charge in [0.25, 0.3) is 0 Å². The van der Waals surface area contributed by atoms with Crippen molar-refractivity contribution in [1.29, 1.82) is 0 Å². The predicted octanol–water partition coefficient (Wildman–Crippen LogP) is 2.55. The third kappa shape index (κ3) is 2.70. The summed E-state index contributed by atoms with van der Waals surface area (Å²) in [5.41, 5.74) is 8.31. The largest absolute Gasteiger partial charge is 0.370 e. The second-order valence-corrected chi connectivity index (χ2v) is 5.25. The van der Waals surface area contributed by atoms with Crippen molar-refractivity contribution in [2.24, 2.45) is 11.7 Å². The fourth-order valence-electron chi connectivity index (χ4n) is 2.48. The number of aryl methyl sites for hydroxylation is 1. The molecule has 100 valence electrons. The third-order valence-corrected chi connectivity index (χ3v) is 3.45. The fourth-order valence-corrected chi connectivity index (χ4v) is 2.48. The van der Waals surface area contributed by atoms with Gasteiger partial charge in [0.2, 0.25) is 0 Å². The highest BCUT2D eigenvalue weighted by Crippen LogP contribution is 2.29. The molecule has 0 spiro atoms. The van der Waals surface area contributed by atoms with E-state index >= 15 is 0 Å². The van der Waals surface area contributed by atoms with Crippen LogP contribution in [0.25, 0.3) is 0 Å². The van der Waals surface area contributed by atoms with Gasteiger partial charge in [-0.25, -0.2) is 9.97 Å². The Morgan fingerprint density at radius 3 is 2.94 bits per heavy atom. The zero-order chi connectivity index (χ0) is 13.1. The molecular formula is C14H23N3O. The molecule has 0 saturated heterocycles. The van der Waals surface area contributed by atoms with E-state index in [9.17, 15) is 0 Å². The van der Waals surface area contributed by atoms with Gasteiger partial charge in [-0.3, -0.25) is 0 Å². The molecule has 2 N–H and O–H groups in total. The monoisotopic (exact) mass is 249 g/mol. The standard InChI is InChI=1S/C14H23N3O/c1-4-18-13(9(2)3)14-16-8-10-11(15)6-5-7-12(10)17-14/h8-9,11,13H,4-7,15H2,1-3H3. The molecule has 2 atom stereocenters. The molecule has 18 heavy (non-hydrogen) atoms. The van der Waals surface area contributed by atoms with Gasteiger partial charge in [-0.05, 0) is 32.1 Å². The predicted molar refractivity (Wildman–Crippen MR) is 71.1 cm³/mol. The molecular weight excluding hydrogens is 226 g/mol. The number of hydrogen-bond acceptors (Lipinski definition) is 4. The maximum Gasteiger partial charge on any atom is 0.157 e. The van der Waals surface area contributed by atoms with Gasteiger partial charge in [-0.15, -0.1) is 0 Å². The van der Waals surface area contributed by atoms with Crippen LogP contribution >= 0.6 is 0 Å². The number of ether oxygens (including phenoxy) is 1. The molecule has 0 amide bonds. The first-order valence-corrected chi connectivity index (χ1v) is 6.86. The van der Waals surface area contributed by atoms with E-state index in [-0.39, 0.29) is 12.1 Å². The van der Waals surface area contributed by atoms with Gasteiger partial charge >= 0.3 is 0 Å². The number of rotatable bonds is 4. The molecule has 1 aliphatic rings. The van der Waals surface area contributed by atoms with Crippen molar-refractivity contribution in [3.63, 3.8) is 0 Å². The topological polar surface area (TPSA) is 61.0 Å². The zero-order valence-corrected chi connectivity index (χ0v) is 11.5. The summed E-state index contributed by atoms with van der Waals surface area (Å²) in [4.78, 5) is 9.15. The van der Waals surface area contributed by atoms with Gasteiger partial charge in [0.1, 0.15) is 6.10 Å². The van der Waals surface area contributed by atoms with Crippen molar-refractivity contribution in [2.45, 2.75) is 52.2 Å². The van der Waals surface area contributed by atoms with Crippen LogP contribution in [0.1, 0.15) is 62.8 Å². The minimum atomic E-state index is -0.0153. The summed E-state index contributed by atoms with van der Waals surface area (Å²) in [7, 11) is 0. The van der Waals surface area contributed by atoms with Gasteiger partial charge in [0.05, 0.1) is 0 Å². The van der Waals surface area contributed by atoms with Crippen molar-refractivity contribution in [1.82, 2.24) is 9.97 Å². The van der Waals surface area contributed by atoms with E-state index in [0.29, 0.717) is 12.5 Å². The molecule has 0 aromatic carbocycles. The van der Waals surface area contributed by atoms with Crippen LogP contribution in [0.3, 0.4) is 0 Å². The van der Waals surface area contributed by atoms with Gasteiger partial charge in [0, 0.05) is 30.1 Å².